The Morgan fingerprint density at radius 2 is 2.04 bits per heavy atom. The summed E-state index contributed by atoms with van der Waals surface area (Å²) in [5.74, 6) is 0.239. The number of halogens is 1. The molecule has 1 aliphatic heterocycles. The second kappa shape index (κ2) is 6.23. The number of piperidine rings is 1. The predicted molar refractivity (Wildman–Crippen MR) is 90.1 cm³/mol. The van der Waals surface area contributed by atoms with Crippen LogP contribution in [0.15, 0.2) is 18.2 Å². The first-order valence-corrected chi connectivity index (χ1v) is 8.67. The van der Waals surface area contributed by atoms with Gasteiger partial charge in [0, 0.05) is 20.5 Å². The van der Waals surface area contributed by atoms with Gasteiger partial charge in [0.05, 0.1) is 0 Å². The molecule has 126 valence electrons. The van der Waals surface area contributed by atoms with Crippen LogP contribution in [0.25, 0.3) is 0 Å². The van der Waals surface area contributed by atoms with E-state index in [9.17, 15) is 9.18 Å². The van der Waals surface area contributed by atoms with E-state index in [0.717, 1.165) is 38.9 Å². The number of rotatable bonds is 3. The minimum atomic E-state index is -0.152. The Morgan fingerprint density at radius 3 is 2.65 bits per heavy atom. The van der Waals surface area contributed by atoms with Gasteiger partial charge in [0.2, 0.25) is 5.91 Å². The van der Waals surface area contributed by atoms with Gasteiger partial charge in [-0.15, -0.1) is 0 Å². The highest BCUT2D eigenvalue weighted by molar-refractivity contribution is 5.77. The maximum Gasteiger partial charge on any atom is 0.222 e. The number of carbonyl (C=O) groups is 1. The summed E-state index contributed by atoms with van der Waals surface area (Å²) in [6.07, 6.45) is 3.67. The number of hydrogen-bond donors (Lipinski definition) is 0. The van der Waals surface area contributed by atoms with Crippen molar-refractivity contribution >= 4 is 5.91 Å². The molecule has 1 saturated heterocycles. The van der Waals surface area contributed by atoms with E-state index in [0.29, 0.717) is 6.42 Å². The van der Waals surface area contributed by atoms with Crippen molar-refractivity contribution < 1.29 is 9.18 Å². The van der Waals surface area contributed by atoms with Crippen LogP contribution in [0.5, 0.6) is 0 Å². The maximum absolute atomic E-state index is 13.9. The van der Waals surface area contributed by atoms with Gasteiger partial charge in [-0.3, -0.25) is 4.79 Å². The van der Waals surface area contributed by atoms with Gasteiger partial charge in [-0.25, -0.2) is 4.39 Å². The molecule has 1 aliphatic carbocycles. The zero-order valence-electron chi connectivity index (χ0n) is 14.4. The number of nitrogens with zero attached hydrogens (tertiary/aromatic N) is 2. The van der Waals surface area contributed by atoms with E-state index in [2.05, 4.69) is 11.8 Å². The predicted octanol–water partition coefficient (Wildman–Crippen LogP) is 3.14. The Morgan fingerprint density at radius 1 is 1.35 bits per heavy atom. The molecular weight excluding hydrogens is 291 g/mol. The van der Waals surface area contributed by atoms with Crippen LogP contribution < -0.4 is 0 Å². The highest BCUT2D eigenvalue weighted by atomic mass is 19.1. The van der Waals surface area contributed by atoms with Crippen LogP contribution in [0.2, 0.25) is 0 Å². The molecule has 1 heterocycles. The van der Waals surface area contributed by atoms with Gasteiger partial charge in [0.25, 0.3) is 0 Å². The normalized spacial score (nSPS) is 23.0. The van der Waals surface area contributed by atoms with Crippen LogP contribution in [-0.4, -0.2) is 49.4 Å². The molecule has 3 rings (SSSR count). The van der Waals surface area contributed by atoms with Crippen molar-refractivity contribution in [2.24, 2.45) is 0 Å². The summed E-state index contributed by atoms with van der Waals surface area (Å²) in [5.41, 5.74) is 2.44. The summed E-state index contributed by atoms with van der Waals surface area (Å²) < 4.78 is 13.9. The minimum absolute atomic E-state index is 0.0698. The van der Waals surface area contributed by atoms with Crippen molar-refractivity contribution in [3.05, 3.63) is 35.1 Å². The second-order valence-corrected chi connectivity index (χ2v) is 7.34. The molecule has 1 atom stereocenters. The summed E-state index contributed by atoms with van der Waals surface area (Å²) in [4.78, 5) is 16.3. The first-order valence-electron chi connectivity index (χ1n) is 8.67. The molecule has 1 aromatic rings. The number of carbonyl (C=O) groups excluding carboxylic acids is 1. The molecule has 1 unspecified atom stereocenters. The van der Waals surface area contributed by atoms with Crippen LogP contribution in [0.4, 0.5) is 4.39 Å². The molecule has 3 nitrogen and oxygen atoms in total. The number of hydrogen-bond acceptors (Lipinski definition) is 2. The summed E-state index contributed by atoms with van der Waals surface area (Å²) in [5, 5.41) is 0. The molecule has 1 fully saturated rings. The number of amides is 1. The molecule has 1 amide bonds. The third-order valence-electron chi connectivity index (χ3n) is 5.84. The van der Waals surface area contributed by atoms with Crippen LogP contribution in [0, 0.1) is 5.82 Å². The standard InChI is InChI=1S/C19H27FN2O/c1-4-22-9-7-19(8-10-22)13-14(11-18(23)21(2)3)16-6-5-15(20)12-17(16)19/h5-6,12,14H,4,7-11,13H2,1-3H3. The summed E-state index contributed by atoms with van der Waals surface area (Å²) in [7, 11) is 3.61. The quantitative estimate of drug-likeness (QED) is 0.855. The summed E-state index contributed by atoms with van der Waals surface area (Å²) in [6.45, 7) is 5.41. The first-order chi connectivity index (χ1) is 10.9. The van der Waals surface area contributed by atoms with Gasteiger partial charge < -0.3 is 9.80 Å². The van der Waals surface area contributed by atoms with Gasteiger partial charge >= 0.3 is 0 Å². The fourth-order valence-electron chi connectivity index (χ4n) is 4.38. The van der Waals surface area contributed by atoms with Crippen LogP contribution in [0.3, 0.4) is 0 Å². The Hall–Kier alpha value is -1.42. The van der Waals surface area contributed by atoms with Crippen molar-refractivity contribution in [1.29, 1.82) is 0 Å². The molecular formula is C19H27FN2O. The lowest BCUT2D eigenvalue weighted by molar-refractivity contribution is -0.129. The topological polar surface area (TPSA) is 23.6 Å². The zero-order chi connectivity index (χ0) is 16.6. The average molecular weight is 318 g/mol. The van der Waals surface area contributed by atoms with Crippen LogP contribution in [0.1, 0.15) is 49.7 Å². The number of fused-ring (bicyclic) bond motifs is 2. The summed E-state index contributed by atoms with van der Waals surface area (Å²) in [6, 6.07) is 5.20. The molecule has 4 heteroatoms. The zero-order valence-corrected chi connectivity index (χ0v) is 14.4. The van der Waals surface area contributed by atoms with E-state index in [1.807, 2.05) is 6.07 Å². The van der Waals surface area contributed by atoms with Gasteiger partial charge in [0.15, 0.2) is 0 Å². The molecule has 23 heavy (non-hydrogen) atoms. The lowest BCUT2D eigenvalue weighted by Crippen LogP contribution is -2.41. The van der Waals surface area contributed by atoms with E-state index in [1.54, 1.807) is 31.1 Å². The monoisotopic (exact) mass is 318 g/mol. The number of benzene rings is 1. The van der Waals surface area contributed by atoms with Gasteiger partial charge in [-0.2, -0.15) is 0 Å². The largest absolute Gasteiger partial charge is 0.349 e. The van der Waals surface area contributed by atoms with E-state index in [4.69, 9.17) is 0 Å². The molecule has 0 aromatic heterocycles. The molecule has 0 N–H and O–H groups in total. The van der Waals surface area contributed by atoms with Gasteiger partial charge in [-0.1, -0.05) is 13.0 Å². The lowest BCUT2D eigenvalue weighted by atomic mass is 9.73. The van der Waals surface area contributed by atoms with Crippen molar-refractivity contribution in [2.75, 3.05) is 33.7 Å². The fraction of sp³-hybridized carbons (Fsp3) is 0.632. The average Bonchev–Trinajstić information content (AvgIpc) is 2.81. The Labute approximate surface area is 138 Å². The van der Waals surface area contributed by atoms with E-state index in [-0.39, 0.29) is 23.1 Å². The van der Waals surface area contributed by atoms with E-state index >= 15 is 0 Å². The Kier molecular flexibility index (Phi) is 4.45. The SMILES string of the molecule is CCN1CCC2(CC1)CC(CC(=O)N(C)C)c1ccc(F)cc12. The lowest BCUT2D eigenvalue weighted by Gasteiger charge is -2.40. The van der Waals surface area contributed by atoms with Crippen LogP contribution >= 0.6 is 0 Å². The molecule has 0 radical (unpaired) electrons. The van der Waals surface area contributed by atoms with Crippen molar-refractivity contribution in [3.8, 4) is 0 Å². The third kappa shape index (κ3) is 3.01. The first kappa shape index (κ1) is 16.4. The van der Waals surface area contributed by atoms with Crippen molar-refractivity contribution in [1.82, 2.24) is 9.80 Å². The molecule has 2 aliphatic rings. The van der Waals surface area contributed by atoms with Gasteiger partial charge in [0.1, 0.15) is 5.82 Å². The smallest absolute Gasteiger partial charge is 0.222 e. The van der Waals surface area contributed by atoms with Gasteiger partial charge in [-0.05, 0) is 73.5 Å². The number of likely N-dealkylation sites (tertiary alicyclic amines) is 1. The fourth-order valence-corrected chi connectivity index (χ4v) is 4.38. The van der Waals surface area contributed by atoms with Crippen LogP contribution in [-0.2, 0) is 10.2 Å². The molecule has 1 spiro atoms. The second-order valence-electron chi connectivity index (χ2n) is 7.34. The van der Waals surface area contributed by atoms with Crippen molar-refractivity contribution in [3.63, 3.8) is 0 Å². The van der Waals surface area contributed by atoms with E-state index < -0.39 is 0 Å². The Bertz CT molecular complexity index is 591. The highest BCUT2D eigenvalue weighted by Gasteiger charge is 2.45. The Balaban J connectivity index is 1.89. The van der Waals surface area contributed by atoms with E-state index in [1.165, 1.54) is 11.1 Å². The third-order valence-corrected chi connectivity index (χ3v) is 5.84. The maximum atomic E-state index is 13.9. The summed E-state index contributed by atoms with van der Waals surface area (Å²) >= 11 is 0. The molecule has 0 bridgehead atoms. The van der Waals surface area contributed by atoms with Crippen molar-refractivity contribution in [2.45, 2.75) is 43.9 Å². The molecule has 0 saturated carbocycles. The molecule has 1 aromatic carbocycles. The highest BCUT2D eigenvalue weighted by Crippen LogP contribution is 2.52. The minimum Gasteiger partial charge on any atom is -0.349 e.